The number of pyridine rings is 1. The zero-order valence-corrected chi connectivity index (χ0v) is 18.3. The molecule has 1 atom stereocenters. The highest BCUT2D eigenvalue weighted by atomic mass is 35.5. The quantitative estimate of drug-likeness (QED) is 0.290. The molecule has 0 saturated carbocycles. The summed E-state index contributed by atoms with van der Waals surface area (Å²) >= 11 is 6.01. The van der Waals surface area contributed by atoms with Crippen LogP contribution in [0.3, 0.4) is 0 Å². The van der Waals surface area contributed by atoms with Crippen LogP contribution in [-0.2, 0) is 4.79 Å². The molecule has 0 aliphatic rings. The fraction of sp³-hybridized carbons (Fsp3) is 0.280. The van der Waals surface area contributed by atoms with E-state index in [9.17, 15) is 4.79 Å². The number of hydrogen-bond donors (Lipinski definition) is 0. The molecule has 1 unspecified atom stereocenters. The fourth-order valence-corrected chi connectivity index (χ4v) is 3.32. The van der Waals surface area contributed by atoms with Gasteiger partial charge in [-0.2, -0.15) is 0 Å². The number of nitrogens with zero attached hydrogens (tertiary/aromatic N) is 1. The Morgan fingerprint density at radius 1 is 1.10 bits per heavy atom. The summed E-state index contributed by atoms with van der Waals surface area (Å²) in [6.07, 6.45) is 2.79. The van der Waals surface area contributed by atoms with E-state index in [4.69, 9.17) is 26.1 Å². The molecule has 5 heteroatoms. The predicted octanol–water partition coefficient (Wildman–Crippen LogP) is 6.95. The van der Waals surface area contributed by atoms with Crippen LogP contribution in [0.4, 0.5) is 0 Å². The van der Waals surface area contributed by atoms with Gasteiger partial charge in [-0.05, 0) is 67.8 Å². The molecule has 0 bridgehead atoms. The maximum atomic E-state index is 11.2. The predicted molar refractivity (Wildman–Crippen MR) is 120 cm³/mol. The zero-order chi connectivity index (χ0) is 21.5. The van der Waals surface area contributed by atoms with E-state index in [1.54, 1.807) is 6.07 Å². The second kappa shape index (κ2) is 10.3. The third-order valence-corrected chi connectivity index (χ3v) is 4.99. The van der Waals surface area contributed by atoms with Crippen molar-refractivity contribution in [2.75, 3.05) is 0 Å². The van der Waals surface area contributed by atoms with Gasteiger partial charge in [0.15, 0.2) is 0 Å². The van der Waals surface area contributed by atoms with Gasteiger partial charge < -0.3 is 9.47 Å². The third kappa shape index (κ3) is 5.83. The Kier molecular flexibility index (Phi) is 7.47. The van der Waals surface area contributed by atoms with Crippen molar-refractivity contribution >= 4 is 17.6 Å². The van der Waals surface area contributed by atoms with Crippen molar-refractivity contribution in [1.82, 2.24) is 4.98 Å². The molecule has 2 aromatic carbocycles. The van der Waals surface area contributed by atoms with Crippen molar-refractivity contribution in [3.05, 3.63) is 76.9 Å². The minimum Gasteiger partial charge on any atom is -0.484 e. The van der Waals surface area contributed by atoms with Crippen LogP contribution in [-0.4, -0.2) is 11.0 Å². The van der Waals surface area contributed by atoms with Gasteiger partial charge in [0.25, 0.3) is 0 Å². The summed E-state index contributed by atoms with van der Waals surface area (Å²) in [5.41, 5.74) is 3.63. The van der Waals surface area contributed by atoms with Crippen molar-refractivity contribution in [3.63, 3.8) is 0 Å². The molecule has 0 aliphatic heterocycles. The molecular weight excluding hydrogens is 398 g/mol. The van der Waals surface area contributed by atoms with Crippen molar-refractivity contribution < 1.29 is 14.3 Å². The Balaban J connectivity index is 1.86. The Labute approximate surface area is 182 Å². The largest absolute Gasteiger partial charge is 0.484 e. The first-order valence-electron chi connectivity index (χ1n) is 10.1. The number of ether oxygens (including phenoxy) is 2. The summed E-state index contributed by atoms with van der Waals surface area (Å²) in [6, 6.07) is 19.1. The number of aromatic nitrogens is 1. The minimum absolute atomic E-state index is 0.170. The topological polar surface area (TPSA) is 48.4 Å². The van der Waals surface area contributed by atoms with E-state index in [-0.39, 0.29) is 12.1 Å². The normalized spacial score (nSPS) is 11.7. The van der Waals surface area contributed by atoms with Gasteiger partial charge in [0, 0.05) is 17.5 Å². The molecule has 1 heterocycles. The van der Waals surface area contributed by atoms with Crippen molar-refractivity contribution in [2.24, 2.45) is 0 Å². The summed E-state index contributed by atoms with van der Waals surface area (Å²) in [5.74, 6) is 0.932. The molecule has 4 nitrogen and oxygen atoms in total. The number of rotatable bonds is 8. The first-order valence-corrected chi connectivity index (χ1v) is 10.5. The van der Waals surface area contributed by atoms with Gasteiger partial charge in [-0.25, -0.2) is 4.98 Å². The number of hydrogen-bond acceptors (Lipinski definition) is 4. The van der Waals surface area contributed by atoms with Crippen LogP contribution in [0.5, 0.6) is 11.5 Å². The smallest absolute Gasteiger partial charge is 0.308 e. The van der Waals surface area contributed by atoms with Crippen LogP contribution in [0.15, 0.2) is 60.7 Å². The van der Waals surface area contributed by atoms with E-state index in [2.05, 4.69) is 6.92 Å². The van der Waals surface area contributed by atoms with Crippen molar-refractivity contribution in [3.8, 4) is 22.8 Å². The second-order valence-corrected chi connectivity index (χ2v) is 7.66. The molecule has 0 aliphatic carbocycles. The molecule has 3 aromatic rings. The SMILES string of the molecule is CCCCC(Oc1ccc(OC(C)=O)c(C)c1)c1cccc(-c2ccc(Cl)cc2)n1. The number of carbonyl (C=O) groups is 1. The molecule has 0 N–H and O–H groups in total. The Hall–Kier alpha value is -2.85. The monoisotopic (exact) mass is 423 g/mol. The summed E-state index contributed by atoms with van der Waals surface area (Å²) in [4.78, 5) is 16.1. The third-order valence-electron chi connectivity index (χ3n) is 4.74. The average molecular weight is 424 g/mol. The standard InChI is InChI=1S/C25H26ClNO3/c1-4-5-9-25(30-21-14-15-24(17(2)16-21)29-18(3)28)23-8-6-7-22(27-23)19-10-12-20(26)13-11-19/h6-8,10-16,25H,4-5,9H2,1-3H3. The lowest BCUT2D eigenvalue weighted by atomic mass is 10.1. The van der Waals surface area contributed by atoms with Crippen molar-refractivity contribution in [2.45, 2.75) is 46.1 Å². The molecule has 1 aromatic heterocycles. The molecule has 0 spiro atoms. The van der Waals surface area contributed by atoms with E-state index in [0.29, 0.717) is 10.8 Å². The highest BCUT2D eigenvalue weighted by molar-refractivity contribution is 6.30. The summed E-state index contributed by atoms with van der Waals surface area (Å²) in [5, 5.41) is 0.701. The lowest BCUT2D eigenvalue weighted by Crippen LogP contribution is -2.10. The second-order valence-electron chi connectivity index (χ2n) is 7.22. The van der Waals surface area contributed by atoms with E-state index in [0.717, 1.165) is 47.5 Å². The van der Waals surface area contributed by atoms with Crippen molar-refractivity contribution in [1.29, 1.82) is 0 Å². The van der Waals surface area contributed by atoms with Gasteiger partial charge in [-0.1, -0.05) is 43.1 Å². The maximum absolute atomic E-state index is 11.2. The lowest BCUT2D eigenvalue weighted by Gasteiger charge is -2.20. The molecule has 0 saturated heterocycles. The van der Waals surface area contributed by atoms with Gasteiger partial charge in [-0.3, -0.25) is 4.79 Å². The average Bonchev–Trinajstić information content (AvgIpc) is 2.73. The van der Waals surface area contributed by atoms with Crippen LogP contribution in [0, 0.1) is 6.92 Å². The Morgan fingerprint density at radius 3 is 2.53 bits per heavy atom. The Bertz CT molecular complexity index is 1000. The van der Waals surface area contributed by atoms with E-state index >= 15 is 0 Å². The number of benzene rings is 2. The minimum atomic E-state index is -0.337. The number of unbranched alkanes of at least 4 members (excludes halogenated alkanes) is 1. The van der Waals surface area contributed by atoms with Crippen LogP contribution in [0.1, 0.15) is 50.5 Å². The highest BCUT2D eigenvalue weighted by Gasteiger charge is 2.17. The number of halogens is 1. The molecule has 30 heavy (non-hydrogen) atoms. The molecule has 156 valence electrons. The van der Waals surface area contributed by atoms with Gasteiger partial charge in [-0.15, -0.1) is 0 Å². The first-order chi connectivity index (χ1) is 14.5. The molecular formula is C25H26ClNO3. The molecule has 3 rings (SSSR count). The summed E-state index contributed by atoms with van der Waals surface area (Å²) < 4.78 is 11.5. The van der Waals surface area contributed by atoms with E-state index < -0.39 is 0 Å². The van der Waals surface area contributed by atoms with Gasteiger partial charge in [0.1, 0.15) is 17.6 Å². The summed E-state index contributed by atoms with van der Waals surface area (Å²) in [6.45, 7) is 5.45. The van der Waals surface area contributed by atoms with Crippen LogP contribution in [0.25, 0.3) is 11.3 Å². The molecule has 0 radical (unpaired) electrons. The number of aryl methyl sites for hydroxylation is 1. The zero-order valence-electron chi connectivity index (χ0n) is 17.5. The molecule has 0 amide bonds. The fourth-order valence-electron chi connectivity index (χ4n) is 3.20. The number of carbonyl (C=O) groups excluding carboxylic acids is 1. The van der Waals surface area contributed by atoms with Crippen LogP contribution in [0.2, 0.25) is 5.02 Å². The maximum Gasteiger partial charge on any atom is 0.308 e. The summed E-state index contributed by atoms with van der Waals surface area (Å²) in [7, 11) is 0. The van der Waals surface area contributed by atoms with Gasteiger partial charge in [0.05, 0.1) is 11.4 Å². The van der Waals surface area contributed by atoms with E-state index in [1.807, 2.05) is 61.5 Å². The first kappa shape index (κ1) is 21.8. The Morgan fingerprint density at radius 2 is 1.87 bits per heavy atom. The van der Waals surface area contributed by atoms with Gasteiger partial charge in [0.2, 0.25) is 0 Å². The highest BCUT2D eigenvalue weighted by Crippen LogP contribution is 2.30. The van der Waals surface area contributed by atoms with Crippen LogP contribution >= 0.6 is 11.6 Å². The molecule has 0 fully saturated rings. The van der Waals surface area contributed by atoms with Crippen LogP contribution < -0.4 is 9.47 Å². The van der Waals surface area contributed by atoms with Gasteiger partial charge >= 0.3 is 5.97 Å². The number of esters is 1. The van der Waals surface area contributed by atoms with E-state index in [1.165, 1.54) is 6.92 Å². The lowest BCUT2D eigenvalue weighted by molar-refractivity contribution is -0.131.